The maximum atomic E-state index is 12.6. The van der Waals surface area contributed by atoms with Crippen LogP contribution in [0.1, 0.15) is 11.1 Å². The maximum Gasteiger partial charge on any atom is 0.296 e. The van der Waals surface area contributed by atoms with Gasteiger partial charge in [0.05, 0.1) is 40.9 Å². The number of pyridine rings is 1. The van der Waals surface area contributed by atoms with Gasteiger partial charge in [-0.2, -0.15) is 35.3 Å². The molecule has 0 saturated heterocycles. The minimum absolute atomic E-state index is 0.0300. The van der Waals surface area contributed by atoms with E-state index < -0.39 is 72.9 Å². The third kappa shape index (κ3) is 9.01. The van der Waals surface area contributed by atoms with E-state index >= 15 is 0 Å². The number of azo groups is 1. The molecule has 5 aromatic rings. The van der Waals surface area contributed by atoms with Gasteiger partial charge < -0.3 is 20.8 Å². The van der Waals surface area contributed by atoms with E-state index in [9.17, 15) is 57.7 Å². The Morgan fingerprint density at radius 2 is 1.45 bits per heavy atom. The van der Waals surface area contributed by atoms with Gasteiger partial charge in [-0.3, -0.25) is 13.7 Å². The van der Waals surface area contributed by atoms with Crippen molar-refractivity contribution in [2.75, 3.05) is 48.4 Å². The van der Waals surface area contributed by atoms with Crippen LogP contribution in [0.3, 0.4) is 0 Å². The summed E-state index contributed by atoms with van der Waals surface area (Å²) in [5, 5.41) is 50.0. The SMILES string of the molecule is Cc1c(C#N)c(NCCS(=O)(=O)CCO)nc(NCCO)c1/N=N/c1ccc(-n2nc3ccc4c(S(=O)(=O)O)cc(S(=O)(=O)O)cc4c3n2)cc1S(=O)(=O)O. The summed E-state index contributed by atoms with van der Waals surface area (Å²) in [5.41, 5.74) is -0.647. The Labute approximate surface area is 312 Å². The van der Waals surface area contributed by atoms with Gasteiger partial charge in [-0.15, -0.1) is 20.4 Å². The summed E-state index contributed by atoms with van der Waals surface area (Å²) in [6.07, 6.45) is 0. The number of aliphatic hydroxyl groups excluding tert-OH is 2. The smallest absolute Gasteiger partial charge is 0.296 e. The third-order valence-corrected chi connectivity index (χ3v) is 12.0. The predicted octanol–water partition coefficient (Wildman–Crippen LogP) is 1.53. The topological polar surface area (TPSA) is 354 Å². The van der Waals surface area contributed by atoms with E-state index in [1.54, 1.807) is 0 Å². The van der Waals surface area contributed by atoms with Crippen molar-refractivity contribution in [3.8, 4) is 11.8 Å². The molecular weight excluding hydrogens is 811 g/mol. The Hall–Kier alpha value is -5.24. The second kappa shape index (κ2) is 15.5. The van der Waals surface area contributed by atoms with Crippen LogP contribution in [0.4, 0.5) is 23.0 Å². The predicted molar refractivity (Wildman–Crippen MR) is 193 cm³/mol. The standard InChI is InChI=1S/C29H29N9O13S4/c1-16-21(15-30)28(32-7-10-52(41,42)11-9-40)33-29(31-6-8-39)26(16)35-34-22-4-2-17(12-25(22)55(49,50)51)38-36-23-5-3-19-20(27(23)37-38)13-18(53(43,44)45)14-24(19)54(46,47)48/h2-5,12-14,39-40H,6-11H2,1H3,(H2,31,32,33)(H,43,44,45)(H,46,47,48)(H,49,50,51)/b35-34+. The second-order valence-electron chi connectivity index (χ2n) is 11.4. The number of fused-ring (bicyclic) bond motifs is 3. The number of benzene rings is 3. The Bertz CT molecular complexity index is 2870. The van der Waals surface area contributed by atoms with Crippen molar-refractivity contribution in [2.45, 2.75) is 21.6 Å². The fourth-order valence-electron chi connectivity index (χ4n) is 5.20. The summed E-state index contributed by atoms with van der Waals surface area (Å²) in [7, 11) is -18.7. The summed E-state index contributed by atoms with van der Waals surface area (Å²) in [6.45, 7) is 0.269. The van der Waals surface area contributed by atoms with Crippen LogP contribution < -0.4 is 10.6 Å². The molecule has 2 aromatic heterocycles. The number of aromatic nitrogens is 4. The Kier molecular flexibility index (Phi) is 11.5. The van der Waals surface area contributed by atoms with E-state index in [1.165, 1.54) is 25.1 Å². The van der Waals surface area contributed by atoms with E-state index in [0.717, 1.165) is 23.0 Å². The van der Waals surface area contributed by atoms with E-state index in [-0.39, 0.29) is 81.4 Å². The van der Waals surface area contributed by atoms with Crippen LogP contribution in [0.25, 0.3) is 27.5 Å². The molecule has 0 atom stereocenters. The molecule has 0 bridgehead atoms. The number of nitrogens with one attached hydrogen (secondary N) is 2. The molecule has 2 heterocycles. The molecule has 7 N–H and O–H groups in total. The lowest BCUT2D eigenvalue weighted by Crippen LogP contribution is -2.21. The van der Waals surface area contributed by atoms with Gasteiger partial charge in [-0.05, 0) is 43.3 Å². The minimum atomic E-state index is -5.06. The zero-order chi connectivity index (χ0) is 40.5. The highest BCUT2D eigenvalue weighted by Gasteiger charge is 2.24. The molecular formula is C29H29N9O13S4. The van der Waals surface area contributed by atoms with Gasteiger partial charge in [0.2, 0.25) is 0 Å². The molecule has 0 radical (unpaired) electrons. The molecule has 5 rings (SSSR count). The van der Waals surface area contributed by atoms with E-state index in [2.05, 4.69) is 36.0 Å². The molecule has 292 valence electrons. The molecule has 0 unspecified atom stereocenters. The van der Waals surface area contributed by atoms with Crippen molar-refractivity contribution in [3.63, 3.8) is 0 Å². The lowest BCUT2D eigenvalue weighted by atomic mass is 10.1. The third-order valence-electron chi connectivity index (χ3n) is 7.74. The van der Waals surface area contributed by atoms with E-state index in [4.69, 9.17) is 5.11 Å². The van der Waals surface area contributed by atoms with Crippen LogP contribution in [-0.4, -0.2) is 115 Å². The van der Waals surface area contributed by atoms with Crippen molar-refractivity contribution in [2.24, 2.45) is 10.2 Å². The lowest BCUT2D eigenvalue weighted by molar-refractivity contribution is 0.311. The highest BCUT2D eigenvalue weighted by molar-refractivity contribution is 7.91. The minimum Gasteiger partial charge on any atom is -0.395 e. The summed E-state index contributed by atoms with van der Waals surface area (Å²) in [6, 6.07) is 9.15. The van der Waals surface area contributed by atoms with Crippen LogP contribution in [0.15, 0.2) is 67.4 Å². The Balaban J connectivity index is 1.59. The number of nitrogens with zero attached hydrogens (tertiary/aromatic N) is 7. The number of aliphatic hydroxyl groups is 2. The number of anilines is 2. The van der Waals surface area contributed by atoms with Gasteiger partial charge in [0.25, 0.3) is 30.4 Å². The van der Waals surface area contributed by atoms with E-state index in [0.29, 0.717) is 6.07 Å². The van der Waals surface area contributed by atoms with Gasteiger partial charge >= 0.3 is 0 Å². The normalized spacial score (nSPS) is 12.7. The molecule has 0 aliphatic rings. The number of hydrogen-bond acceptors (Lipinski definition) is 18. The average Bonchev–Trinajstić information content (AvgIpc) is 3.54. The van der Waals surface area contributed by atoms with Crippen LogP contribution in [0.5, 0.6) is 0 Å². The summed E-state index contributed by atoms with van der Waals surface area (Å²) >= 11 is 0. The largest absolute Gasteiger partial charge is 0.395 e. The zero-order valence-electron chi connectivity index (χ0n) is 28.0. The van der Waals surface area contributed by atoms with Gasteiger partial charge in [0, 0.05) is 29.4 Å². The van der Waals surface area contributed by atoms with Crippen LogP contribution in [0.2, 0.25) is 0 Å². The number of rotatable bonds is 15. The van der Waals surface area contributed by atoms with Gasteiger partial charge in [0.15, 0.2) is 15.7 Å². The summed E-state index contributed by atoms with van der Waals surface area (Å²) in [4.78, 5) is 2.63. The van der Waals surface area contributed by atoms with Gasteiger partial charge in [-0.25, -0.2) is 13.4 Å². The number of nitriles is 1. The quantitative estimate of drug-likeness (QED) is 0.0580. The van der Waals surface area contributed by atoms with Crippen LogP contribution >= 0.6 is 0 Å². The molecule has 26 heteroatoms. The molecule has 0 amide bonds. The van der Waals surface area contributed by atoms with Gasteiger partial charge in [-0.1, -0.05) is 6.07 Å². The second-order valence-corrected chi connectivity index (χ2v) is 17.9. The lowest BCUT2D eigenvalue weighted by Gasteiger charge is -2.15. The zero-order valence-corrected chi connectivity index (χ0v) is 31.3. The van der Waals surface area contributed by atoms with Crippen molar-refractivity contribution < 1.29 is 57.5 Å². The highest BCUT2D eigenvalue weighted by atomic mass is 32.2. The molecule has 22 nitrogen and oxygen atoms in total. The van der Waals surface area contributed by atoms with E-state index in [1.807, 2.05) is 6.07 Å². The monoisotopic (exact) mass is 839 g/mol. The number of sulfone groups is 1. The average molecular weight is 840 g/mol. The Morgan fingerprint density at radius 1 is 0.764 bits per heavy atom. The maximum absolute atomic E-state index is 12.6. The fourth-order valence-corrected chi connectivity index (χ4v) is 8.07. The van der Waals surface area contributed by atoms with Crippen LogP contribution in [-0.2, 0) is 40.2 Å². The fraction of sp³-hybridized carbons (Fsp3) is 0.241. The molecule has 0 spiro atoms. The van der Waals surface area contributed by atoms with Crippen LogP contribution in [0, 0.1) is 18.3 Å². The summed E-state index contributed by atoms with van der Waals surface area (Å²) < 4.78 is 127. The molecule has 0 aliphatic carbocycles. The molecule has 0 aliphatic heterocycles. The first-order valence-corrected chi connectivity index (χ1v) is 21.5. The molecule has 55 heavy (non-hydrogen) atoms. The summed E-state index contributed by atoms with van der Waals surface area (Å²) in [5.74, 6) is -0.945. The molecule has 0 saturated carbocycles. The number of hydrogen-bond donors (Lipinski definition) is 7. The van der Waals surface area contributed by atoms with Crippen molar-refractivity contribution in [3.05, 3.63) is 53.6 Å². The first kappa shape index (κ1) is 40.9. The van der Waals surface area contributed by atoms with Gasteiger partial charge in [0.1, 0.15) is 44.1 Å². The highest BCUT2D eigenvalue weighted by Crippen LogP contribution is 2.37. The Morgan fingerprint density at radius 3 is 2.07 bits per heavy atom. The first-order chi connectivity index (χ1) is 25.7. The van der Waals surface area contributed by atoms with Crippen molar-refractivity contribution in [1.29, 1.82) is 5.26 Å². The first-order valence-electron chi connectivity index (χ1n) is 15.4. The molecule has 3 aromatic carbocycles. The van der Waals surface area contributed by atoms with Crippen molar-refractivity contribution >= 4 is 85.0 Å². The van der Waals surface area contributed by atoms with Crippen molar-refractivity contribution in [1.82, 2.24) is 20.0 Å². The molecule has 0 fully saturated rings.